The Balaban J connectivity index is 1.75. The van der Waals surface area contributed by atoms with Gasteiger partial charge in [-0.15, -0.1) is 10.2 Å². The van der Waals surface area contributed by atoms with Crippen molar-refractivity contribution in [3.05, 3.63) is 93.7 Å². The van der Waals surface area contributed by atoms with Crippen LogP contribution in [0.15, 0.2) is 54.7 Å². The van der Waals surface area contributed by atoms with Crippen LogP contribution in [0.5, 0.6) is 0 Å². The zero-order valence-corrected chi connectivity index (χ0v) is 22.9. The third-order valence-electron chi connectivity index (χ3n) is 5.74. The minimum Gasteiger partial charge on any atom is -0.327 e. The van der Waals surface area contributed by atoms with Crippen molar-refractivity contribution in [3.63, 3.8) is 0 Å². The summed E-state index contributed by atoms with van der Waals surface area (Å²) >= 11 is 6.32. The van der Waals surface area contributed by atoms with Crippen molar-refractivity contribution >= 4 is 29.1 Å². The Hall–Kier alpha value is -5.17. The van der Waals surface area contributed by atoms with Crippen LogP contribution in [0.1, 0.15) is 50.4 Å². The van der Waals surface area contributed by atoms with E-state index in [2.05, 4.69) is 37.7 Å². The van der Waals surface area contributed by atoms with Crippen LogP contribution in [0.4, 0.5) is 27.6 Å². The highest BCUT2D eigenvalue weighted by atomic mass is 35.5. The highest BCUT2D eigenvalue weighted by molar-refractivity contribution is 6.32. The van der Waals surface area contributed by atoms with E-state index in [1.54, 1.807) is 19.1 Å². The Morgan fingerprint density at radius 1 is 1.09 bits per heavy atom. The smallest absolute Gasteiger partial charge is 0.327 e. The van der Waals surface area contributed by atoms with Gasteiger partial charge in [0.2, 0.25) is 0 Å². The Morgan fingerprint density at radius 3 is 2.42 bits per heavy atom. The number of carbonyl (C=O) groups is 2. The average molecular weight is 620 g/mol. The molecule has 0 unspecified atom stereocenters. The molecule has 0 saturated heterocycles. The lowest BCUT2D eigenvalue weighted by molar-refractivity contribution is -0.292. The van der Waals surface area contributed by atoms with Crippen LogP contribution < -0.4 is 10.6 Å². The minimum atomic E-state index is -5.94. The first-order chi connectivity index (χ1) is 20.1. The summed E-state index contributed by atoms with van der Waals surface area (Å²) in [4.78, 5) is 27.0. The number of carbonyl (C=O) groups excluding carboxylic acids is 2. The van der Waals surface area contributed by atoms with Gasteiger partial charge in [-0.1, -0.05) is 30.3 Å². The van der Waals surface area contributed by atoms with Gasteiger partial charge in [0.05, 0.1) is 39.3 Å². The second-order valence-electron chi connectivity index (χ2n) is 9.12. The van der Waals surface area contributed by atoms with E-state index >= 15 is 0 Å². The zero-order valence-electron chi connectivity index (χ0n) is 22.2. The molecule has 0 saturated carbocycles. The summed E-state index contributed by atoms with van der Waals surface area (Å²) in [5, 5.41) is 28.2. The topological polar surface area (TPSA) is 143 Å². The molecule has 17 heteroatoms. The Bertz CT molecular complexity index is 1790. The van der Waals surface area contributed by atoms with Gasteiger partial charge in [-0.05, 0) is 55.0 Å². The van der Waals surface area contributed by atoms with E-state index in [1.165, 1.54) is 37.3 Å². The monoisotopic (exact) mass is 619 g/mol. The van der Waals surface area contributed by atoms with Crippen molar-refractivity contribution in [3.8, 4) is 11.8 Å². The van der Waals surface area contributed by atoms with Crippen LogP contribution >= 0.6 is 11.6 Å². The number of nitriles is 1. The summed E-state index contributed by atoms with van der Waals surface area (Å²) in [6, 6.07) is 12.1. The predicted molar refractivity (Wildman–Crippen MR) is 142 cm³/mol. The lowest BCUT2D eigenvalue weighted by Crippen LogP contribution is -2.35. The van der Waals surface area contributed by atoms with Crippen molar-refractivity contribution in [1.29, 1.82) is 5.26 Å². The fourth-order valence-corrected chi connectivity index (χ4v) is 4.04. The molecule has 2 aromatic heterocycles. The highest BCUT2D eigenvalue weighted by Crippen LogP contribution is 2.41. The van der Waals surface area contributed by atoms with Gasteiger partial charge < -0.3 is 10.6 Å². The Labute approximate surface area is 244 Å². The first-order valence-corrected chi connectivity index (χ1v) is 12.4. The molecule has 222 valence electrons. The maximum absolute atomic E-state index is 13.7. The number of anilines is 1. The molecule has 4 rings (SSSR count). The van der Waals surface area contributed by atoms with Gasteiger partial charge in [0.15, 0.2) is 0 Å². The van der Waals surface area contributed by atoms with E-state index in [9.17, 15) is 36.8 Å². The number of rotatable bonds is 8. The van der Waals surface area contributed by atoms with Crippen molar-refractivity contribution in [2.24, 2.45) is 0 Å². The molecule has 0 radical (unpaired) electrons. The van der Waals surface area contributed by atoms with Crippen molar-refractivity contribution in [2.45, 2.75) is 32.5 Å². The quantitative estimate of drug-likeness (QED) is 0.267. The minimum absolute atomic E-state index is 0.0399. The van der Waals surface area contributed by atoms with E-state index in [4.69, 9.17) is 11.6 Å². The molecule has 2 aromatic carbocycles. The number of hydrogen-bond donors (Lipinski definition) is 2. The number of allylic oxidation sites excluding steroid dienone is 1. The third kappa shape index (κ3) is 6.36. The third-order valence-corrected chi connectivity index (χ3v) is 6.06. The Morgan fingerprint density at radius 2 is 1.79 bits per heavy atom. The lowest BCUT2D eigenvalue weighted by atomic mass is 10.0. The van der Waals surface area contributed by atoms with E-state index in [-0.39, 0.29) is 38.9 Å². The molecular weight excluding hydrogens is 601 g/mol. The van der Waals surface area contributed by atoms with Gasteiger partial charge >= 0.3 is 12.1 Å². The lowest BCUT2D eigenvalue weighted by Gasteiger charge is -2.15. The summed E-state index contributed by atoms with van der Waals surface area (Å²) in [7, 11) is 0. The molecule has 43 heavy (non-hydrogen) atoms. The fourth-order valence-electron chi connectivity index (χ4n) is 3.82. The number of tetrazole rings is 1. The van der Waals surface area contributed by atoms with Gasteiger partial charge in [-0.2, -0.15) is 37.1 Å². The first kappa shape index (κ1) is 30.8. The highest BCUT2D eigenvalue weighted by Gasteiger charge is 2.62. The molecule has 11 nitrogen and oxygen atoms in total. The summed E-state index contributed by atoms with van der Waals surface area (Å²) in [5.41, 5.74) is 0.861. The molecule has 2 amide bonds. The predicted octanol–water partition coefficient (Wildman–Crippen LogP) is 4.91. The number of aryl methyl sites for hydroxylation is 1. The number of benzene rings is 2. The molecule has 0 fully saturated rings. The Kier molecular flexibility index (Phi) is 8.31. The van der Waals surface area contributed by atoms with Crippen LogP contribution in [0.2, 0.25) is 5.02 Å². The van der Waals surface area contributed by atoms with Crippen molar-refractivity contribution in [2.75, 3.05) is 5.32 Å². The number of nitrogens with one attached hydrogen (secondary N) is 2. The second-order valence-corrected chi connectivity index (χ2v) is 9.52. The van der Waals surface area contributed by atoms with Crippen LogP contribution in [0.25, 0.3) is 5.69 Å². The molecule has 0 aliphatic carbocycles. The van der Waals surface area contributed by atoms with E-state index in [1.807, 2.05) is 6.07 Å². The number of alkyl halides is 5. The van der Waals surface area contributed by atoms with Gasteiger partial charge in [0.1, 0.15) is 12.2 Å². The molecule has 2 N–H and O–H groups in total. The van der Waals surface area contributed by atoms with E-state index in [0.717, 1.165) is 4.68 Å². The average Bonchev–Trinajstić information content (AvgIpc) is 3.57. The largest absolute Gasteiger partial charge is 0.461 e. The molecule has 0 bridgehead atoms. The zero-order chi connectivity index (χ0) is 31.7. The van der Waals surface area contributed by atoms with Gasteiger partial charge in [-0.25, -0.2) is 4.68 Å². The van der Waals surface area contributed by atoms with Crippen LogP contribution in [0.3, 0.4) is 0 Å². The molecule has 0 aliphatic heterocycles. The normalized spacial score (nSPS) is 11.6. The maximum atomic E-state index is 13.7. The summed E-state index contributed by atoms with van der Waals surface area (Å²) in [5.74, 6) is -8.67. The van der Waals surface area contributed by atoms with E-state index < -0.39 is 36.3 Å². The SMILES string of the molecule is C=C(C)NC(=O)c1cc(C#N)cc(C)c1NC(=O)c1cc(Cn2nnc(C(F)(F)C(F)(F)F)n2)nn1-c1ccccc1Cl. The van der Waals surface area contributed by atoms with Gasteiger partial charge in [0.25, 0.3) is 17.6 Å². The standard InChI is InChI=1S/C26H19ClF5N9O2/c1-13(2)34-22(42)17-9-15(11-33)8-14(3)21(17)35-23(43)20-10-16(37-41(20)19-7-5-4-6-18(19)27)12-40-38-24(36-39-40)25(28,29)26(30,31)32/h4-10H,1,12H2,2-3H3,(H,34,42)(H,35,43). The van der Waals surface area contributed by atoms with Gasteiger partial charge in [-0.3, -0.25) is 9.59 Å². The molecule has 0 aliphatic rings. The second kappa shape index (κ2) is 11.6. The summed E-state index contributed by atoms with van der Waals surface area (Å²) in [6.45, 7) is 6.17. The molecule has 4 aromatic rings. The summed E-state index contributed by atoms with van der Waals surface area (Å²) in [6.07, 6.45) is -5.94. The van der Waals surface area contributed by atoms with Crippen molar-refractivity contribution in [1.82, 2.24) is 35.3 Å². The fraction of sp³-hybridized carbons (Fsp3) is 0.192. The summed E-state index contributed by atoms with van der Waals surface area (Å²) < 4.78 is 66.6. The van der Waals surface area contributed by atoms with Crippen molar-refractivity contribution < 1.29 is 31.5 Å². The number of halogens is 6. The molecule has 2 heterocycles. The number of para-hydroxylation sites is 1. The maximum Gasteiger partial charge on any atom is 0.461 e. The molecule has 0 atom stereocenters. The number of nitrogens with zero attached hydrogens (tertiary/aromatic N) is 7. The molecular formula is C26H19ClF5N9O2. The van der Waals surface area contributed by atoms with Gasteiger partial charge in [0, 0.05) is 5.70 Å². The number of hydrogen-bond acceptors (Lipinski definition) is 7. The number of amides is 2. The first-order valence-electron chi connectivity index (χ1n) is 12.0. The van der Waals surface area contributed by atoms with Crippen LogP contribution in [-0.2, 0) is 12.5 Å². The molecule has 0 spiro atoms. The van der Waals surface area contributed by atoms with Crippen LogP contribution in [0, 0.1) is 18.3 Å². The van der Waals surface area contributed by atoms with Crippen LogP contribution in [-0.4, -0.2) is 48.0 Å². The van der Waals surface area contributed by atoms with E-state index in [0.29, 0.717) is 16.1 Å². The number of aromatic nitrogens is 6.